The molecule has 7 heteroatoms. The largest absolute Gasteiger partial charge is 0.494 e. The number of aromatic nitrogens is 5. The Kier molecular flexibility index (Phi) is 4.96. The molecule has 2 aromatic carbocycles. The zero-order valence-corrected chi connectivity index (χ0v) is 16.2. The van der Waals surface area contributed by atoms with Crippen molar-refractivity contribution in [3.05, 3.63) is 55.1 Å². The van der Waals surface area contributed by atoms with Gasteiger partial charge in [-0.05, 0) is 56.1 Å². The summed E-state index contributed by atoms with van der Waals surface area (Å²) in [7, 11) is 0. The van der Waals surface area contributed by atoms with Crippen LogP contribution in [0.15, 0.2) is 55.1 Å². The number of piperidine rings is 1. The molecular weight excluding hydrogens is 364 g/mol. The Labute approximate surface area is 169 Å². The Morgan fingerprint density at radius 1 is 1.14 bits per heavy atom. The highest BCUT2D eigenvalue weighted by atomic mass is 16.5. The summed E-state index contributed by atoms with van der Waals surface area (Å²) < 4.78 is 7.79. The Balaban J connectivity index is 1.36. The second-order valence-corrected chi connectivity index (χ2v) is 7.45. The summed E-state index contributed by atoms with van der Waals surface area (Å²) in [6.07, 6.45) is 8.11. The highest BCUT2D eigenvalue weighted by molar-refractivity contribution is 5.94. The summed E-state index contributed by atoms with van der Waals surface area (Å²) in [5.41, 5.74) is 3.87. The number of nitrogens with zero attached hydrogens (tertiary/aromatic N) is 4. The standard InChI is InChI=1S/C22H24N6O/c1-2-10-24-17(5-1)9-11-29-19-6-3-4-16(12-19)22-20-13-18(28-15-23-14-25-28)7-8-21(20)26-27-22/h3-4,6-8,12-15,17,24H,1-2,5,9-11H2,(H,26,27). The lowest BCUT2D eigenvalue weighted by molar-refractivity contribution is 0.268. The summed E-state index contributed by atoms with van der Waals surface area (Å²) in [6.45, 7) is 1.85. The van der Waals surface area contributed by atoms with Crippen molar-refractivity contribution in [1.29, 1.82) is 0 Å². The van der Waals surface area contributed by atoms with Crippen LogP contribution in [-0.4, -0.2) is 44.2 Å². The molecule has 1 aliphatic rings. The van der Waals surface area contributed by atoms with Crippen LogP contribution >= 0.6 is 0 Å². The first-order valence-electron chi connectivity index (χ1n) is 10.2. The maximum Gasteiger partial charge on any atom is 0.138 e. The van der Waals surface area contributed by atoms with Crippen LogP contribution in [0, 0.1) is 0 Å². The topological polar surface area (TPSA) is 80.6 Å². The molecule has 0 amide bonds. The average Bonchev–Trinajstić information content (AvgIpc) is 3.44. The fraction of sp³-hybridized carbons (Fsp3) is 0.318. The van der Waals surface area contributed by atoms with Crippen LogP contribution in [0.1, 0.15) is 25.7 Å². The fourth-order valence-corrected chi connectivity index (χ4v) is 3.93. The van der Waals surface area contributed by atoms with Gasteiger partial charge in [-0.25, -0.2) is 9.67 Å². The smallest absolute Gasteiger partial charge is 0.138 e. The van der Waals surface area contributed by atoms with Crippen LogP contribution in [0.4, 0.5) is 0 Å². The van der Waals surface area contributed by atoms with Gasteiger partial charge in [0.05, 0.1) is 17.8 Å². The van der Waals surface area contributed by atoms with Crippen molar-refractivity contribution < 1.29 is 4.74 Å². The zero-order valence-electron chi connectivity index (χ0n) is 16.2. The van der Waals surface area contributed by atoms with Gasteiger partial charge < -0.3 is 10.1 Å². The van der Waals surface area contributed by atoms with E-state index in [9.17, 15) is 0 Å². The fourth-order valence-electron chi connectivity index (χ4n) is 3.93. The number of hydrogen-bond acceptors (Lipinski definition) is 5. The summed E-state index contributed by atoms with van der Waals surface area (Å²) in [5.74, 6) is 0.877. The van der Waals surface area contributed by atoms with Crippen molar-refractivity contribution in [2.24, 2.45) is 0 Å². The Bertz CT molecular complexity index is 1080. The predicted octanol–water partition coefficient (Wildman–Crippen LogP) is 3.72. The number of hydrogen-bond donors (Lipinski definition) is 2. The minimum Gasteiger partial charge on any atom is -0.494 e. The highest BCUT2D eigenvalue weighted by Crippen LogP contribution is 2.30. The van der Waals surface area contributed by atoms with E-state index in [2.05, 4.69) is 43.8 Å². The van der Waals surface area contributed by atoms with Crippen LogP contribution in [0.3, 0.4) is 0 Å². The molecule has 3 heterocycles. The molecule has 0 spiro atoms. The normalized spacial score (nSPS) is 16.9. The van der Waals surface area contributed by atoms with Crippen molar-refractivity contribution >= 4 is 10.9 Å². The number of aromatic amines is 1. The number of nitrogens with one attached hydrogen (secondary N) is 2. The number of H-pyrrole nitrogens is 1. The third-order valence-electron chi connectivity index (χ3n) is 5.48. The van der Waals surface area contributed by atoms with Crippen molar-refractivity contribution in [3.63, 3.8) is 0 Å². The van der Waals surface area contributed by atoms with Crippen molar-refractivity contribution in [2.75, 3.05) is 13.2 Å². The predicted molar refractivity (Wildman–Crippen MR) is 112 cm³/mol. The molecule has 2 N–H and O–H groups in total. The molecule has 5 rings (SSSR count). The molecule has 0 bridgehead atoms. The first-order chi connectivity index (χ1) is 14.4. The molecule has 1 aliphatic heterocycles. The molecule has 7 nitrogen and oxygen atoms in total. The number of fused-ring (bicyclic) bond motifs is 1. The van der Waals surface area contributed by atoms with Gasteiger partial charge in [0.15, 0.2) is 0 Å². The minimum absolute atomic E-state index is 0.581. The van der Waals surface area contributed by atoms with Crippen molar-refractivity contribution in [2.45, 2.75) is 31.7 Å². The monoisotopic (exact) mass is 388 g/mol. The Morgan fingerprint density at radius 2 is 2.14 bits per heavy atom. The van der Waals surface area contributed by atoms with Gasteiger partial charge in [0.2, 0.25) is 0 Å². The molecular formula is C22H24N6O. The van der Waals surface area contributed by atoms with E-state index in [1.165, 1.54) is 25.6 Å². The molecule has 1 unspecified atom stereocenters. The van der Waals surface area contributed by atoms with E-state index in [-0.39, 0.29) is 0 Å². The SMILES string of the molecule is c1cc(OCCC2CCCCN2)cc(-c2n[nH]c3ccc(-n4cncn4)cc23)c1. The molecule has 1 atom stereocenters. The molecule has 4 aromatic rings. The lowest BCUT2D eigenvalue weighted by atomic mass is 10.0. The van der Waals surface area contributed by atoms with Gasteiger partial charge >= 0.3 is 0 Å². The number of benzene rings is 2. The van der Waals surface area contributed by atoms with Gasteiger partial charge in [0, 0.05) is 17.0 Å². The molecule has 29 heavy (non-hydrogen) atoms. The summed E-state index contributed by atoms with van der Waals surface area (Å²) in [4.78, 5) is 4.03. The quantitative estimate of drug-likeness (QED) is 0.526. The van der Waals surface area contributed by atoms with Gasteiger partial charge in [0.25, 0.3) is 0 Å². The first-order valence-corrected chi connectivity index (χ1v) is 10.2. The van der Waals surface area contributed by atoms with E-state index in [1.54, 1.807) is 11.0 Å². The number of rotatable bonds is 6. The summed E-state index contributed by atoms with van der Waals surface area (Å²) in [5, 5.41) is 16.5. The molecule has 0 aliphatic carbocycles. The van der Waals surface area contributed by atoms with Gasteiger partial charge in [-0.1, -0.05) is 18.6 Å². The van der Waals surface area contributed by atoms with E-state index < -0.39 is 0 Å². The second kappa shape index (κ2) is 8.05. The lowest BCUT2D eigenvalue weighted by Gasteiger charge is -2.23. The lowest BCUT2D eigenvalue weighted by Crippen LogP contribution is -2.35. The van der Waals surface area contributed by atoms with E-state index >= 15 is 0 Å². The van der Waals surface area contributed by atoms with E-state index in [4.69, 9.17) is 4.74 Å². The van der Waals surface area contributed by atoms with Crippen LogP contribution in [0.2, 0.25) is 0 Å². The minimum atomic E-state index is 0.581. The van der Waals surface area contributed by atoms with Gasteiger partial charge in [-0.3, -0.25) is 5.10 Å². The third-order valence-corrected chi connectivity index (χ3v) is 5.48. The molecule has 0 radical (unpaired) electrons. The third kappa shape index (κ3) is 3.86. The molecule has 2 aromatic heterocycles. The van der Waals surface area contributed by atoms with Gasteiger partial charge in [0.1, 0.15) is 24.1 Å². The highest BCUT2D eigenvalue weighted by Gasteiger charge is 2.13. The second-order valence-electron chi connectivity index (χ2n) is 7.45. The van der Waals surface area contributed by atoms with Crippen LogP contribution in [0.5, 0.6) is 5.75 Å². The van der Waals surface area contributed by atoms with Crippen LogP contribution in [-0.2, 0) is 0 Å². The summed E-state index contributed by atoms with van der Waals surface area (Å²) in [6, 6.07) is 14.8. The van der Waals surface area contributed by atoms with E-state index in [0.717, 1.165) is 53.2 Å². The van der Waals surface area contributed by atoms with Crippen LogP contribution < -0.4 is 10.1 Å². The van der Waals surface area contributed by atoms with Crippen LogP contribution in [0.25, 0.3) is 27.8 Å². The van der Waals surface area contributed by atoms with E-state index in [0.29, 0.717) is 6.04 Å². The van der Waals surface area contributed by atoms with Crippen molar-refractivity contribution in [1.82, 2.24) is 30.3 Å². The zero-order chi connectivity index (χ0) is 19.5. The molecule has 1 saturated heterocycles. The molecule has 1 fully saturated rings. The first kappa shape index (κ1) is 17.9. The number of ether oxygens (including phenoxy) is 1. The Morgan fingerprint density at radius 3 is 3.00 bits per heavy atom. The van der Waals surface area contributed by atoms with E-state index in [1.807, 2.05) is 24.3 Å². The molecule has 0 saturated carbocycles. The van der Waals surface area contributed by atoms with Gasteiger partial charge in [-0.2, -0.15) is 10.2 Å². The maximum atomic E-state index is 6.04. The maximum absolute atomic E-state index is 6.04. The van der Waals surface area contributed by atoms with Gasteiger partial charge in [-0.15, -0.1) is 0 Å². The molecule has 148 valence electrons. The summed E-state index contributed by atoms with van der Waals surface area (Å²) >= 11 is 0. The Hall–Kier alpha value is -3.19. The van der Waals surface area contributed by atoms with Crippen molar-refractivity contribution in [3.8, 4) is 22.7 Å². The average molecular weight is 388 g/mol.